The highest BCUT2D eigenvalue weighted by molar-refractivity contribution is 8.00. The van der Waals surface area contributed by atoms with Crippen LogP contribution in [0.25, 0.3) is 11.1 Å². The quantitative estimate of drug-likeness (QED) is 0.582. The van der Waals surface area contributed by atoms with Gasteiger partial charge >= 0.3 is 12.1 Å². The average Bonchev–Trinajstić information content (AvgIpc) is 3.38. The lowest BCUT2D eigenvalue weighted by Crippen LogP contribution is -2.49. The first-order valence-electron chi connectivity index (χ1n) is 11.7. The van der Waals surface area contributed by atoms with Gasteiger partial charge in [0.15, 0.2) is 0 Å². The van der Waals surface area contributed by atoms with Crippen molar-refractivity contribution in [2.75, 3.05) is 18.9 Å². The van der Waals surface area contributed by atoms with Crippen LogP contribution in [0.1, 0.15) is 43.7 Å². The van der Waals surface area contributed by atoms with E-state index in [4.69, 9.17) is 4.74 Å². The van der Waals surface area contributed by atoms with Crippen molar-refractivity contribution in [2.24, 2.45) is 5.92 Å². The zero-order chi connectivity index (χ0) is 24.2. The highest BCUT2D eigenvalue weighted by atomic mass is 32.2. The molecule has 1 aliphatic carbocycles. The molecule has 0 radical (unpaired) electrons. The number of fused-ring (bicyclic) bond motifs is 3. The van der Waals surface area contributed by atoms with Crippen molar-refractivity contribution in [1.29, 1.82) is 0 Å². The standard InChI is InChI=1S/C26H30N2O5S/c1-3-8-17(24(29)28-16(2)34-15-23(28)25(30)31)13-27-26(32)33-14-22-20-11-6-4-9-18(20)19-10-5-7-12-21(19)22/h4-7,9-12,16-17,22-23H,3,8,13-15H2,1-2H3,(H,27,32)(H,30,31). The number of carboxylic acid groups (broad SMARTS) is 1. The van der Waals surface area contributed by atoms with Crippen LogP contribution in [0.2, 0.25) is 0 Å². The lowest BCUT2D eigenvalue weighted by atomic mass is 9.98. The number of thioether (sulfide) groups is 1. The number of ether oxygens (including phenoxy) is 1. The number of rotatable bonds is 8. The number of carbonyl (C=O) groups is 3. The second-order valence-corrected chi connectivity index (χ2v) is 10.1. The van der Waals surface area contributed by atoms with E-state index in [2.05, 4.69) is 29.6 Å². The summed E-state index contributed by atoms with van der Waals surface area (Å²) in [6.45, 7) is 4.12. The van der Waals surface area contributed by atoms with Gasteiger partial charge in [-0.05, 0) is 35.6 Å². The number of benzene rings is 2. The second kappa shape index (κ2) is 10.5. The minimum atomic E-state index is -0.995. The minimum Gasteiger partial charge on any atom is -0.480 e. The molecule has 1 heterocycles. The molecule has 0 spiro atoms. The molecule has 180 valence electrons. The predicted octanol–water partition coefficient (Wildman–Crippen LogP) is 4.32. The normalized spacial score (nSPS) is 19.9. The van der Waals surface area contributed by atoms with Gasteiger partial charge in [-0.25, -0.2) is 9.59 Å². The third-order valence-corrected chi connectivity index (χ3v) is 7.80. The summed E-state index contributed by atoms with van der Waals surface area (Å²) in [5.74, 6) is -1.38. The van der Waals surface area contributed by atoms with Crippen LogP contribution in [0.15, 0.2) is 48.5 Å². The molecular formula is C26H30N2O5S. The lowest BCUT2D eigenvalue weighted by molar-refractivity contribution is -0.150. The van der Waals surface area contributed by atoms with E-state index < -0.39 is 24.0 Å². The first kappa shape index (κ1) is 24.1. The van der Waals surface area contributed by atoms with Crippen molar-refractivity contribution < 1.29 is 24.2 Å². The van der Waals surface area contributed by atoms with Crippen LogP contribution in [0.4, 0.5) is 4.79 Å². The number of hydrogen-bond donors (Lipinski definition) is 2. The van der Waals surface area contributed by atoms with Gasteiger partial charge in [0.25, 0.3) is 0 Å². The Labute approximate surface area is 203 Å². The van der Waals surface area contributed by atoms with Crippen LogP contribution in [-0.2, 0) is 14.3 Å². The van der Waals surface area contributed by atoms with Crippen molar-refractivity contribution in [3.8, 4) is 11.1 Å². The minimum absolute atomic E-state index is 0.0370. The maximum Gasteiger partial charge on any atom is 0.407 e. The summed E-state index contributed by atoms with van der Waals surface area (Å²) in [6, 6.07) is 15.4. The van der Waals surface area contributed by atoms with E-state index in [1.54, 1.807) is 0 Å². The van der Waals surface area contributed by atoms with Gasteiger partial charge in [0.05, 0.1) is 11.3 Å². The van der Waals surface area contributed by atoms with Gasteiger partial charge in [-0.1, -0.05) is 61.9 Å². The van der Waals surface area contributed by atoms with Crippen LogP contribution < -0.4 is 5.32 Å². The Morgan fingerprint density at radius 2 is 1.74 bits per heavy atom. The number of carbonyl (C=O) groups excluding carboxylic acids is 2. The van der Waals surface area contributed by atoms with E-state index in [0.29, 0.717) is 12.2 Å². The average molecular weight is 483 g/mol. The van der Waals surface area contributed by atoms with Gasteiger partial charge in [-0.3, -0.25) is 4.79 Å². The Morgan fingerprint density at radius 1 is 1.12 bits per heavy atom. The first-order chi connectivity index (χ1) is 16.4. The summed E-state index contributed by atoms with van der Waals surface area (Å²) in [7, 11) is 0. The summed E-state index contributed by atoms with van der Waals surface area (Å²) in [4.78, 5) is 38.8. The number of alkyl carbamates (subject to hydrolysis) is 1. The molecule has 2 aromatic rings. The molecule has 1 saturated heterocycles. The molecule has 2 amide bonds. The number of amides is 2. The molecule has 0 bridgehead atoms. The number of aliphatic carboxylic acids is 1. The molecule has 0 saturated carbocycles. The van der Waals surface area contributed by atoms with Gasteiger partial charge in [0.1, 0.15) is 12.6 Å². The third-order valence-electron chi connectivity index (χ3n) is 6.59. The van der Waals surface area contributed by atoms with Gasteiger partial charge in [0.2, 0.25) is 5.91 Å². The SMILES string of the molecule is CCCC(CNC(=O)OCC1c2ccccc2-c2ccccc21)C(=O)N1C(C)SCC1C(=O)O. The van der Waals surface area contributed by atoms with Crippen molar-refractivity contribution >= 4 is 29.7 Å². The van der Waals surface area contributed by atoms with Gasteiger partial charge in [-0.2, -0.15) is 0 Å². The number of hydrogen-bond acceptors (Lipinski definition) is 5. The predicted molar refractivity (Wildman–Crippen MR) is 132 cm³/mol. The monoisotopic (exact) mass is 482 g/mol. The molecule has 2 aliphatic rings. The van der Waals surface area contributed by atoms with Crippen molar-refractivity contribution in [2.45, 2.75) is 44.0 Å². The van der Waals surface area contributed by atoms with Crippen LogP contribution in [0, 0.1) is 5.92 Å². The number of nitrogens with zero attached hydrogens (tertiary/aromatic N) is 1. The summed E-state index contributed by atoms with van der Waals surface area (Å²) >= 11 is 1.45. The molecule has 34 heavy (non-hydrogen) atoms. The van der Waals surface area contributed by atoms with Crippen molar-refractivity contribution in [3.63, 3.8) is 0 Å². The van der Waals surface area contributed by atoms with Crippen LogP contribution in [0.5, 0.6) is 0 Å². The maximum absolute atomic E-state index is 13.2. The lowest BCUT2D eigenvalue weighted by Gasteiger charge is -2.29. The molecule has 2 N–H and O–H groups in total. The zero-order valence-corrected chi connectivity index (χ0v) is 20.2. The molecular weight excluding hydrogens is 452 g/mol. The summed E-state index contributed by atoms with van der Waals surface area (Å²) in [6.07, 6.45) is 0.730. The molecule has 4 rings (SSSR count). The number of carboxylic acids is 1. The molecule has 0 aromatic heterocycles. The van der Waals surface area contributed by atoms with Crippen LogP contribution >= 0.6 is 11.8 Å². The van der Waals surface area contributed by atoms with E-state index in [1.807, 2.05) is 38.1 Å². The first-order valence-corrected chi connectivity index (χ1v) is 12.7. The van der Waals surface area contributed by atoms with E-state index >= 15 is 0 Å². The van der Waals surface area contributed by atoms with Crippen molar-refractivity contribution in [1.82, 2.24) is 10.2 Å². The van der Waals surface area contributed by atoms with E-state index in [1.165, 1.54) is 16.7 Å². The molecule has 3 unspecified atom stereocenters. The summed E-state index contributed by atoms with van der Waals surface area (Å²) in [5.41, 5.74) is 4.59. The van der Waals surface area contributed by atoms with Gasteiger partial charge in [-0.15, -0.1) is 11.8 Å². The highest BCUT2D eigenvalue weighted by Crippen LogP contribution is 2.44. The highest BCUT2D eigenvalue weighted by Gasteiger charge is 2.41. The van der Waals surface area contributed by atoms with Gasteiger partial charge in [0, 0.05) is 18.2 Å². The van der Waals surface area contributed by atoms with Gasteiger partial charge < -0.3 is 20.1 Å². The molecule has 2 aromatic carbocycles. The molecule has 1 fully saturated rings. The topological polar surface area (TPSA) is 95.9 Å². The largest absolute Gasteiger partial charge is 0.480 e. The van der Waals surface area contributed by atoms with E-state index in [0.717, 1.165) is 28.7 Å². The Kier molecular flexibility index (Phi) is 7.46. The number of nitrogens with one attached hydrogen (secondary N) is 1. The van der Waals surface area contributed by atoms with E-state index in [9.17, 15) is 19.5 Å². The fourth-order valence-electron chi connectivity index (χ4n) is 4.90. The smallest absolute Gasteiger partial charge is 0.407 e. The van der Waals surface area contributed by atoms with Crippen molar-refractivity contribution in [3.05, 3.63) is 59.7 Å². The molecule has 7 nitrogen and oxygen atoms in total. The Morgan fingerprint density at radius 3 is 2.32 bits per heavy atom. The van der Waals surface area contributed by atoms with Crippen LogP contribution in [-0.4, -0.2) is 58.3 Å². The fourth-order valence-corrected chi connectivity index (χ4v) is 6.07. The Balaban J connectivity index is 1.37. The molecule has 1 aliphatic heterocycles. The summed E-state index contributed by atoms with van der Waals surface area (Å²) in [5, 5.41) is 12.0. The maximum atomic E-state index is 13.2. The fraction of sp³-hybridized carbons (Fsp3) is 0.423. The molecule has 3 atom stereocenters. The van der Waals surface area contributed by atoms with Crippen LogP contribution in [0.3, 0.4) is 0 Å². The Hall–Kier alpha value is -3.00. The Bertz CT molecular complexity index is 1030. The molecule has 8 heteroatoms. The van der Waals surface area contributed by atoms with E-state index in [-0.39, 0.29) is 30.4 Å². The second-order valence-electron chi connectivity index (χ2n) is 8.72. The summed E-state index contributed by atoms with van der Waals surface area (Å²) < 4.78 is 5.58. The third kappa shape index (κ3) is 4.78. The zero-order valence-electron chi connectivity index (χ0n) is 19.4.